The van der Waals surface area contributed by atoms with E-state index in [2.05, 4.69) is 9.50 Å². The van der Waals surface area contributed by atoms with Gasteiger partial charge in [0.25, 0.3) is 5.91 Å². The van der Waals surface area contributed by atoms with Gasteiger partial charge >= 0.3 is 10.4 Å². The molecule has 0 fully saturated rings. The van der Waals surface area contributed by atoms with Crippen molar-refractivity contribution in [2.75, 3.05) is 24.7 Å². The maximum absolute atomic E-state index is 11.7. The minimum Gasteiger partial charge on any atom is -0.351 e. The second-order valence-corrected chi connectivity index (χ2v) is 7.92. The highest BCUT2D eigenvalue weighted by Crippen LogP contribution is 2.02. The number of amides is 1. The number of rotatable bonds is 8. The summed E-state index contributed by atoms with van der Waals surface area (Å²) in [5, 5.41) is 2.45. The molecule has 0 spiro atoms. The minimum absolute atomic E-state index is 0.110. The van der Waals surface area contributed by atoms with Crippen molar-refractivity contribution in [2.24, 2.45) is 0 Å². The van der Waals surface area contributed by atoms with Crippen LogP contribution >= 0.6 is 0 Å². The van der Waals surface area contributed by atoms with E-state index in [0.29, 0.717) is 5.56 Å². The predicted molar refractivity (Wildman–Crippen MR) is 79.7 cm³/mol. The van der Waals surface area contributed by atoms with E-state index in [9.17, 15) is 21.6 Å². The van der Waals surface area contributed by atoms with Gasteiger partial charge in [0, 0.05) is 12.1 Å². The van der Waals surface area contributed by atoms with Gasteiger partial charge in [-0.2, -0.15) is 8.42 Å². The van der Waals surface area contributed by atoms with Crippen LogP contribution < -0.4 is 5.32 Å². The third-order valence-corrected chi connectivity index (χ3v) is 4.72. The fourth-order valence-electron chi connectivity index (χ4n) is 1.50. The highest BCUT2D eigenvalue weighted by Gasteiger charge is 2.14. The molecule has 0 aromatic heterocycles. The highest BCUT2D eigenvalue weighted by molar-refractivity contribution is 7.91. The lowest BCUT2D eigenvalue weighted by atomic mass is 10.1. The van der Waals surface area contributed by atoms with Crippen LogP contribution in [0.4, 0.5) is 0 Å². The monoisotopic (exact) mass is 351 g/mol. The Balaban J connectivity index is 2.39. The van der Waals surface area contributed by atoms with E-state index < -0.39 is 38.5 Å². The van der Waals surface area contributed by atoms with Gasteiger partial charge < -0.3 is 5.32 Å². The van der Waals surface area contributed by atoms with E-state index in [0.717, 1.165) is 5.56 Å². The molecule has 0 bridgehead atoms. The van der Waals surface area contributed by atoms with Crippen LogP contribution in [0.5, 0.6) is 0 Å². The Labute approximate surface area is 129 Å². The van der Waals surface area contributed by atoms with E-state index in [1.807, 2.05) is 6.92 Å². The number of carbonyl (C=O) groups excluding carboxylic acids is 1. The maximum Gasteiger partial charge on any atom is 0.397 e. The Hall–Kier alpha value is -1.49. The Morgan fingerprint density at radius 3 is 2.27 bits per heavy atom. The van der Waals surface area contributed by atoms with Gasteiger partial charge in [-0.15, -0.1) is 0 Å². The lowest BCUT2D eigenvalue weighted by Gasteiger charge is -2.06. The van der Waals surface area contributed by atoms with E-state index in [-0.39, 0.29) is 12.3 Å². The Morgan fingerprint density at radius 1 is 1.14 bits per heavy atom. The van der Waals surface area contributed by atoms with Crippen LogP contribution in [0.3, 0.4) is 0 Å². The van der Waals surface area contributed by atoms with Crippen molar-refractivity contribution in [3.63, 3.8) is 0 Å². The highest BCUT2D eigenvalue weighted by atomic mass is 32.3. The summed E-state index contributed by atoms with van der Waals surface area (Å²) < 4.78 is 55.9. The molecule has 1 aromatic rings. The second kappa shape index (κ2) is 7.68. The molecule has 124 valence electrons. The lowest BCUT2D eigenvalue weighted by molar-refractivity contribution is 0.0956. The fraction of sp³-hybridized carbons (Fsp3) is 0.417. The van der Waals surface area contributed by atoms with Crippen molar-refractivity contribution < 1.29 is 30.4 Å². The summed E-state index contributed by atoms with van der Waals surface area (Å²) in [4.78, 5) is 11.7. The molecule has 0 saturated heterocycles. The van der Waals surface area contributed by atoms with Gasteiger partial charge in [-0.25, -0.2) is 12.6 Å². The predicted octanol–water partition coefficient (Wildman–Crippen LogP) is -0.0410. The molecule has 0 aliphatic rings. The first-order valence-electron chi connectivity index (χ1n) is 6.26. The van der Waals surface area contributed by atoms with Gasteiger partial charge in [0.05, 0.1) is 18.1 Å². The normalized spacial score (nSPS) is 12.1. The number of hydrogen-bond donors (Lipinski definition) is 2. The zero-order valence-corrected chi connectivity index (χ0v) is 13.5. The number of aryl methyl sites for hydroxylation is 1. The van der Waals surface area contributed by atoms with Crippen LogP contribution in [0.1, 0.15) is 15.9 Å². The van der Waals surface area contributed by atoms with Crippen molar-refractivity contribution in [3.8, 4) is 0 Å². The van der Waals surface area contributed by atoms with Crippen molar-refractivity contribution in [1.29, 1.82) is 0 Å². The molecule has 0 aliphatic carbocycles. The van der Waals surface area contributed by atoms with Crippen molar-refractivity contribution in [3.05, 3.63) is 35.4 Å². The van der Waals surface area contributed by atoms with Gasteiger partial charge in [-0.1, -0.05) is 17.7 Å². The number of carbonyl (C=O) groups is 1. The summed E-state index contributed by atoms with van der Waals surface area (Å²) in [6.07, 6.45) is 0. The van der Waals surface area contributed by atoms with Crippen LogP contribution in [0, 0.1) is 6.92 Å². The Kier molecular flexibility index (Phi) is 6.48. The molecule has 1 rings (SSSR count). The van der Waals surface area contributed by atoms with Crippen molar-refractivity contribution in [2.45, 2.75) is 6.92 Å². The summed E-state index contributed by atoms with van der Waals surface area (Å²) in [5.74, 6) is -1.34. The first-order chi connectivity index (χ1) is 10.1. The topological polar surface area (TPSA) is 127 Å². The van der Waals surface area contributed by atoms with Gasteiger partial charge in [0.15, 0.2) is 9.84 Å². The average Bonchev–Trinajstić information content (AvgIpc) is 2.37. The number of hydrogen-bond acceptors (Lipinski definition) is 6. The average molecular weight is 351 g/mol. The van der Waals surface area contributed by atoms with Crippen LogP contribution in [-0.2, 0) is 24.4 Å². The molecule has 0 heterocycles. The summed E-state index contributed by atoms with van der Waals surface area (Å²) >= 11 is 0. The zero-order chi connectivity index (χ0) is 16.8. The van der Waals surface area contributed by atoms with Crippen LogP contribution in [0.2, 0.25) is 0 Å². The molecule has 0 atom stereocenters. The standard InChI is InChI=1S/C12H17NO7S2/c1-10-2-4-11(5-3-10)12(14)13-6-8-21(15,16)9-7-20-22(17,18)19/h2-5H,6-9H2,1H3,(H,13,14)(H,17,18,19). The molecule has 8 nitrogen and oxygen atoms in total. The first kappa shape index (κ1) is 18.6. The van der Waals surface area contributed by atoms with E-state index in [1.165, 1.54) is 0 Å². The fourth-order valence-corrected chi connectivity index (χ4v) is 2.85. The molecule has 1 aromatic carbocycles. The summed E-state index contributed by atoms with van der Waals surface area (Å²) in [7, 11) is -8.26. The number of nitrogens with one attached hydrogen (secondary N) is 1. The summed E-state index contributed by atoms with van der Waals surface area (Å²) in [6, 6.07) is 6.77. The van der Waals surface area contributed by atoms with Crippen LogP contribution in [-0.4, -0.2) is 52.0 Å². The largest absolute Gasteiger partial charge is 0.397 e. The van der Waals surface area contributed by atoms with Crippen LogP contribution in [0.15, 0.2) is 24.3 Å². The first-order valence-corrected chi connectivity index (χ1v) is 9.45. The van der Waals surface area contributed by atoms with E-state index >= 15 is 0 Å². The van der Waals surface area contributed by atoms with Crippen LogP contribution in [0.25, 0.3) is 0 Å². The maximum atomic E-state index is 11.7. The van der Waals surface area contributed by atoms with E-state index in [4.69, 9.17) is 4.55 Å². The summed E-state index contributed by atoms with van der Waals surface area (Å²) in [6.45, 7) is 1.09. The minimum atomic E-state index is -4.65. The third kappa shape index (κ3) is 7.50. The van der Waals surface area contributed by atoms with Crippen molar-refractivity contribution >= 4 is 26.1 Å². The second-order valence-electron chi connectivity index (χ2n) is 4.52. The Bertz CT molecular complexity index is 708. The molecule has 10 heteroatoms. The zero-order valence-electron chi connectivity index (χ0n) is 11.9. The number of benzene rings is 1. The molecule has 1 amide bonds. The SMILES string of the molecule is Cc1ccc(C(=O)NCCS(=O)(=O)CCOS(=O)(=O)O)cc1. The van der Waals surface area contributed by atoms with Crippen molar-refractivity contribution in [1.82, 2.24) is 5.32 Å². The van der Waals surface area contributed by atoms with Gasteiger partial charge in [0.1, 0.15) is 0 Å². The molecule has 0 aliphatic heterocycles. The molecule has 0 saturated carbocycles. The van der Waals surface area contributed by atoms with Gasteiger partial charge in [-0.3, -0.25) is 9.35 Å². The Morgan fingerprint density at radius 2 is 1.73 bits per heavy atom. The molecule has 2 N–H and O–H groups in total. The molecule has 0 radical (unpaired) electrons. The quantitative estimate of drug-likeness (QED) is 0.629. The molecular weight excluding hydrogens is 334 g/mol. The third-order valence-electron chi connectivity index (χ3n) is 2.64. The van der Waals surface area contributed by atoms with Gasteiger partial charge in [0.2, 0.25) is 0 Å². The lowest BCUT2D eigenvalue weighted by Crippen LogP contribution is -2.30. The molecule has 0 unspecified atom stereocenters. The smallest absolute Gasteiger partial charge is 0.351 e. The van der Waals surface area contributed by atoms with Gasteiger partial charge in [-0.05, 0) is 19.1 Å². The molecular formula is C12H17NO7S2. The number of sulfone groups is 1. The summed E-state index contributed by atoms with van der Waals surface area (Å²) in [5.41, 5.74) is 1.41. The van der Waals surface area contributed by atoms with E-state index in [1.54, 1.807) is 24.3 Å². The molecule has 22 heavy (non-hydrogen) atoms.